The van der Waals surface area contributed by atoms with Gasteiger partial charge in [0.2, 0.25) is 0 Å². The first kappa shape index (κ1) is 11.5. The predicted octanol–water partition coefficient (Wildman–Crippen LogP) is 1.92. The second-order valence-electron chi connectivity index (χ2n) is 5.45. The zero-order valence-electron chi connectivity index (χ0n) is 10.0. The largest absolute Gasteiger partial charge is 0.493 e. The number of hydrogen-bond donors (Lipinski definition) is 1. The lowest BCUT2D eigenvalue weighted by Crippen LogP contribution is -2.64. The van der Waals surface area contributed by atoms with Gasteiger partial charge in [-0.25, -0.2) is 0 Å². The van der Waals surface area contributed by atoms with Gasteiger partial charge in [0.15, 0.2) is 0 Å². The number of rotatable bonds is 2. The molecule has 3 rings (SSSR count). The second kappa shape index (κ2) is 3.97. The lowest BCUT2D eigenvalue weighted by atomic mass is 9.93. The molecular weight excluding hydrogens is 280 g/mol. The van der Waals surface area contributed by atoms with Gasteiger partial charge in [0.05, 0.1) is 6.61 Å². The molecule has 2 N–H and O–H groups in total. The molecular formula is C13H17BrN2O. The Balaban J connectivity index is 1.79. The van der Waals surface area contributed by atoms with Crippen molar-refractivity contribution in [3.8, 4) is 5.75 Å². The summed E-state index contributed by atoms with van der Waals surface area (Å²) in [7, 11) is 0. The fraction of sp³-hybridized carbons (Fsp3) is 0.538. The summed E-state index contributed by atoms with van der Waals surface area (Å²) in [6.45, 7) is 5.79. The maximum absolute atomic E-state index is 6.03. The first-order chi connectivity index (χ1) is 8.03. The SMILES string of the molecule is CC1(N)CN(Cc2cc(Br)cc3c2OCC3)C1. The van der Waals surface area contributed by atoms with Crippen molar-refractivity contribution in [1.82, 2.24) is 4.90 Å². The average molecular weight is 297 g/mol. The van der Waals surface area contributed by atoms with Crippen LogP contribution in [0.5, 0.6) is 5.75 Å². The second-order valence-corrected chi connectivity index (χ2v) is 6.37. The highest BCUT2D eigenvalue weighted by molar-refractivity contribution is 9.10. The zero-order valence-corrected chi connectivity index (χ0v) is 11.6. The van der Waals surface area contributed by atoms with Crippen LogP contribution in [0.25, 0.3) is 0 Å². The molecule has 0 spiro atoms. The molecule has 2 aliphatic rings. The molecule has 0 unspecified atom stereocenters. The minimum Gasteiger partial charge on any atom is -0.493 e. The third kappa shape index (κ3) is 2.21. The summed E-state index contributed by atoms with van der Waals surface area (Å²) in [6, 6.07) is 4.32. The first-order valence-corrected chi connectivity index (χ1v) is 6.78. The summed E-state index contributed by atoms with van der Waals surface area (Å²) in [5.41, 5.74) is 8.63. The van der Waals surface area contributed by atoms with E-state index in [0.29, 0.717) is 0 Å². The van der Waals surface area contributed by atoms with E-state index in [4.69, 9.17) is 10.5 Å². The van der Waals surface area contributed by atoms with Gasteiger partial charge in [-0.2, -0.15) is 0 Å². The van der Waals surface area contributed by atoms with Gasteiger partial charge >= 0.3 is 0 Å². The van der Waals surface area contributed by atoms with E-state index in [1.165, 1.54) is 11.1 Å². The van der Waals surface area contributed by atoms with E-state index in [9.17, 15) is 0 Å². The van der Waals surface area contributed by atoms with Crippen LogP contribution in [0.1, 0.15) is 18.1 Å². The standard InChI is InChI=1S/C13H17BrN2O/c1-13(15)7-16(8-13)6-10-5-11(14)4-9-2-3-17-12(9)10/h4-5H,2-3,6-8,15H2,1H3. The monoisotopic (exact) mass is 296 g/mol. The van der Waals surface area contributed by atoms with Crippen molar-refractivity contribution in [1.29, 1.82) is 0 Å². The summed E-state index contributed by atoms with van der Waals surface area (Å²) in [5, 5.41) is 0. The summed E-state index contributed by atoms with van der Waals surface area (Å²) < 4.78 is 6.87. The lowest BCUT2D eigenvalue weighted by molar-refractivity contribution is 0.0755. The smallest absolute Gasteiger partial charge is 0.127 e. The summed E-state index contributed by atoms with van der Waals surface area (Å²) in [5.74, 6) is 1.10. The topological polar surface area (TPSA) is 38.5 Å². The molecule has 0 atom stereocenters. The quantitative estimate of drug-likeness (QED) is 0.906. The summed E-state index contributed by atoms with van der Waals surface area (Å²) in [6.07, 6.45) is 1.02. The molecule has 0 aromatic heterocycles. The molecule has 4 heteroatoms. The van der Waals surface area contributed by atoms with Crippen molar-refractivity contribution < 1.29 is 4.74 Å². The van der Waals surface area contributed by atoms with E-state index >= 15 is 0 Å². The van der Waals surface area contributed by atoms with Crippen LogP contribution in [-0.4, -0.2) is 30.1 Å². The number of nitrogens with two attached hydrogens (primary N) is 1. The van der Waals surface area contributed by atoms with Crippen LogP contribution in [0.3, 0.4) is 0 Å². The highest BCUT2D eigenvalue weighted by Crippen LogP contribution is 2.34. The van der Waals surface area contributed by atoms with Gasteiger partial charge in [-0.05, 0) is 24.6 Å². The number of nitrogens with zero attached hydrogens (tertiary/aromatic N) is 1. The van der Waals surface area contributed by atoms with Crippen LogP contribution in [0, 0.1) is 0 Å². The van der Waals surface area contributed by atoms with E-state index in [0.717, 1.165) is 42.9 Å². The highest BCUT2D eigenvalue weighted by atomic mass is 79.9. The molecule has 1 aromatic rings. The molecule has 0 amide bonds. The molecule has 0 radical (unpaired) electrons. The third-order valence-electron chi connectivity index (χ3n) is 3.39. The minimum absolute atomic E-state index is 0.00393. The van der Waals surface area contributed by atoms with Crippen LogP contribution in [0.15, 0.2) is 16.6 Å². The normalized spacial score (nSPS) is 21.8. The summed E-state index contributed by atoms with van der Waals surface area (Å²) in [4.78, 5) is 2.36. The van der Waals surface area contributed by atoms with Gasteiger partial charge in [0.25, 0.3) is 0 Å². The molecule has 1 saturated heterocycles. The Labute approximate surface area is 110 Å². The molecule has 17 heavy (non-hydrogen) atoms. The fourth-order valence-corrected chi connectivity index (χ4v) is 3.34. The molecule has 92 valence electrons. The average Bonchev–Trinajstić information content (AvgIpc) is 2.62. The number of fused-ring (bicyclic) bond motifs is 1. The Hall–Kier alpha value is -0.580. The minimum atomic E-state index is -0.00393. The fourth-order valence-electron chi connectivity index (χ4n) is 2.79. The van der Waals surface area contributed by atoms with Crippen molar-refractivity contribution in [2.24, 2.45) is 5.73 Å². The predicted molar refractivity (Wildman–Crippen MR) is 71.2 cm³/mol. The maximum atomic E-state index is 6.03. The van der Waals surface area contributed by atoms with Gasteiger partial charge in [-0.15, -0.1) is 0 Å². The number of ether oxygens (including phenoxy) is 1. The number of halogens is 1. The lowest BCUT2D eigenvalue weighted by Gasteiger charge is -2.45. The number of likely N-dealkylation sites (tertiary alicyclic amines) is 1. The van der Waals surface area contributed by atoms with E-state index in [-0.39, 0.29) is 5.54 Å². The van der Waals surface area contributed by atoms with Crippen LogP contribution in [0.2, 0.25) is 0 Å². The molecule has 2 aliphatic heterocycles. The van der Waals surface area contributed by atoms with Crippen LogP contribution in [-0.2, 0) is 13.0 Å². The third-order valence-corrected chi connectivity index (χ3v) is 3.85. The van der Waals surface area contributed by atoms with Crippen molar-refractivity contribution >= 4 is 15.9 Å². The first-order valence-electron chi connectivity index (χ1n) is 5.99. The molecule has 2 heterocycles. The van der Waals surface area contributed by atoms with E-state index < -0.39 is 0 Å². The Morgan fingerprint density at radius 3 is 2.94 bits per heavy atom. The van der Waals surface area contributed by atoms with Crippen molar-refractivity contribution in [2.45, 2.75) is 25.4 Å². The summed E-state index contributed by atoms with van der Waals surface area (Å²) >= 11 is 3.57. The highest BCUT2D eigenvalue weighted by Gasteiger charge is 2.35. The van der Waals surface area contributed by atoms with Gasteiger partial charge in [0, 0.05) is 41.6 Å². The molecule has 3 nitrogen and oxygen atoms in total. The zero-order chi connectivity index (χ0) is 12.0. The van der Waals surface area contributed by atoms with Crippen LogP contribution < -0.4 is 10.5 Å². The molecule has 0 bridgehead atoms. The van der Waals surface area contributed by atoms with Crippen LogP contribution >= 0.6 is 15.9 Å². The van der Waals surface area contributed by atoms with E-state index in [1.807, 2.05) is 0 Å². The van der Waals surface area contributed by atoms with E-state index in [1.54, 1.807) is 0 Å². The van der Waals surface area contributed by atoms with Crippen LogP contribution in [0.4, 0.5) is 0 Å². The van der Waals surface area contributed by atoms with Crippen molar-refractivity contribution in [3.05, 3.63) is 27.7 Å². The number of hydrogen-bond acceptors (Lipinski definition) is 3. The molecule has 0 saturated carbocycles. The van der Waals surface area contributed by atoms with Gasteiger partial charge in [-0.1, -0.05) is 15.9 Å². The Bertz CT molecular complexity index is 451. The Kier molecular flexibility index (Phi) is 2.69. The van der Waals surface area contributed by atoms with E-state index in [2.05, 4.69) is 39.9 Å². The van der Waals surface area contributed by atoms with Gasteiger partial charge in [-0.3, -0.25) is 4.90 Å². The van der Waals surface area contributed by atoms with Gasteiger partial charge in [0.1, 0.15) is 5.75 Å². The Morgan fingerprint density at radius 1 is 1.47 bits per heavy atom. The maximum Gasteiger partial charge on any atom is 0.127 e. The molecule has 0 aliphatic carbocycles. The molecule has 1 aromatic carbocycles. The van der Waals surface area contributed by atoms with Crippen molar-refractivity contribution in [3.63, 3.8) is 0 Å². The Morgan fingerprint density at radius 2 is 2.24 bits per heavy atom. The van der Waals surface area contributed by atoms with Crippen molar-refractivity contribution in [2.75, 3.05) is 19.7 Å². The number of benzene rings is 1. The van der Waals surface area contributed by atoms with Gasteiger partial charge < -0.3 is 10.5 Å². The molecule has 1 fully saturated rings.